The Morgan fingerprint density at radius 2 is 1.30 bits per heavy atom. The number of hydrogen-bond acceptors (Lipinski definition) is 2. The third-order valence-electron chi connectivity index (χ3n) is 5.37. The standard InChI is InChI=1S/C24H41O2P/c1-8-9-10-11-12-13-14-27(26)24(25)23-21(18(4)5)15-20(17(2)3)16-22(23)19(6)7/h15-19,27H,8-14H2,1-7H3. The van der Waals surface area contributed by atoms with E-state index in [4.69, 9.17) is 0 Å². The van der Waals surface area contributed by atoms with Crippen LogP contribution in [0.4, 0.5) is 0 Å². The van der Waals surface area contributed by atoms with Crippen molar-refractivity contribution in [2.24, 2.45) is 0 Å². The first kappa shape index (κ1) is 24.2. The van der Waals surface area contributed by atoms with Crippen molar-refractivity contribution in [1.29, 1.82) is 0 Å². The Morgan fingerprint density at radius 1 is 0.815 bits per heavy atom. The average Bonchev–Trinajstić information content (AvgIpc) is 2.62. The van der Waals surface area contributed by atoms with Crippen LogP contribution in [0.1, 0.15) is 132 Å². The largest absolute Gasteiger partial charge is 0.318 e. The second-order valence-corrected chi connectivity index (χ2v) is 10.6. The van der Waals surface area contributed by atoms with Gasteiger partial charge in [0.2, 0.25) is 5.52 Å². The van der Waals surface area contributed by atoms with Gasteiger partial charge in [-0.1, -0.05) is 92.7 Å². The maximum atomic E-state index is 13.2. The van der Waals surface area contributed by atoms with Crippen molar-refractivity contribution in [2.75, 3.05) is 6.16 Å². The van der Waals surface area contributed by atoms with Gasteiger partial charge in [-0.3, -0.25) is 4.79 Å². The van der Waals surface area contributed by atoms with Gasteiger partial charge in [-0.2, -0.15) is 0 Å². The molecule has 0 fully saturated rings. The van der Waals surface area contributed by atoms with Gasteiger partial charge in [0.05, 0.1) is 0 Å². The third kappa shape index (κ3) is 7.22. The summed E-state index contributed by atoms with van der Waals surface area (Å²) >= 11 is 0. The predicted molar refractivity (Wildman–Crippen MR) is 120 cm³/mol. The molecule has 2 nitrogen and oxygen atoms in total. The van der Waals surface area contributed by atoms with Crippen molar-refractivity contribution in [3.8, 4) is 0 Å². The lowest BCUT2D eigenvalue weighted by atomic mass is 9.85. The molecule has 1 rings (SSSR count). The highest BCUT2D eigenvalue weighted by Crippen LogP contribution is 2.38. The van der Waals surface area contributed by atoms with Gasteiger partial charge < -0.3 is 4.57 Å². The molecule has 0 aromatic heterocycles. The quantitative estimate of drug-likeness (QED) is 0.266. The first-order valence-electron chi connectivity index (χ1n) is 11.0. The molecular formula is C24H41O2P. The van der Waals surface area contributed by atoms with Crippen LogP contribution in [0.2, 0.25) is 0 Å². The molecule has 154 valence electrons. The van der Waals surface area contributed by atoms with Crippen LogP contribution in [0.3, 0.4) is 0 Å². The van der Waals surface area contributed by atoms with Crippen LogP contribution < -0.4 is 0 Å². The van der Waals surface area contributed by atoms with Crippen LogP contribution in [-0.2, 0) is 4.57 Å². The predicted octanol–water partition coefficient (Wildman–Crippen LogP) is 8.12. The highest BCUT2D eigenvalue weighted by molar-refractivity contribution is 7.64. The second kappa shape index (κ2) is 11.8. The van der Waals surface area contributed by atoms with Crippen LogP contribution in [0.5, 0.6) is 0 Å². The molecule has 3 heteroatoms. The molecule has 1 aromatic carbocycles. The molecule has 0 saturated heterocycles. The van der Waals surface area contributed by atoms with Gasteiger partial charge in [0.25, 0.3) is 0 Å². The van der Waals surface area contributed by atoms with E-state index >= 15 is 0 Å². The Balaban J connectivity index is 3.04. The van der Waals surface area contributed by atoms with E-state index in [0.717, 1.165) is 29.5 Å². The van der Waals surface area contributed by atoms with Crippen LogP contribution in [0, 0.1) is 0 Å². The lowest BCUT2D eigenvalue weighted by Crippen LogP contribution is -2.10. The molecule has 1 unspecified atom stereocenters. The number of benzene rings is 1. The van der Waals surface area contributed by atoms with E-state index in [9.17, 15) is 9.36 Å². The molecular weight excluding hydrogens is 351 g/mol. The number of unbranched alkanes of at least 4 members (excludes halogenated alkanes) is 5. The Bertz CT molecular complexity index is 600. The Morgan fingerprint density at radius 3 is 1.74 bits per heavy atom. The van der Waals surface area contributed by atoms with Gasteiger partial charge in [-0.15, -0.1) is 0 Å². The Labute approximate surface area is 168 Å². The summed E-state index contributed by atoms with van der Waals surface area (Å²) in [6.07, 6.45) is 7.50. The van der Waals surface area contributed by atoms with Gasteiger partial charge >= 0.3 is 0 Å². The lowest BCUT2D eigenvalue weighted by Gasteiger charge is -2.22. The fraction of sp³-hybridized carbons (Fsp3) is 0.708. The van der Waals surface area contributed by atoms with Crippen LogP contribution in [0.25, 0.3) is 0 Å². The number of carbonyl (C=O) groups is 1. The SMILES string of the molecule is CCCCCCCC[PH](=O)C(=O)c1c(C(C)C)cc(C(C)C)cc1C(C)C. The molecule has 0 radical (unpaired) electrons. The first-order valence-corrected chi connectivity index (χ1v) is 12.6. The maximum Gasteiger partial charge on any atom is 0.219 e. The van der Waals surface area contributed by atoms with Crippen LogP contribution >= 0.6 is 7.80 Å². The summed E-state index contributed by atoms with van der Waals surface area (Å²) in [7, 11) is -2.24. The minimum atomic E-state index is -2.24. The topological polar surface area (TPSA) is 34.1 Å². The average molecular weight is 393 g/mol. The van der Waals surface area contributed by atoms with Gasteiger partial charge in [0.1, 0.15) is 7.80 Å². The van der Waals surface area contributed by atoms with E-state index in [1.54, 1.807) is 0 Å². The van der Waals surface area contributed by atoms with Gasteiger partial charge in [0.15, 0.2) is 0 Å². The summed E-state index contributed by atoms with van der Waals surface area (Å²) in [5.74, 6) is 0.928. The maximum absolute atomic E-state index is 13.2. The van der Waals surface area contributed by atoms with Crippen molar-refractivity contribution in [3.63, 3.8) is 0 Å². The van der Waals surface area contributed by atoms with Crippen molar-refractivity contribution < 1.29 is 9.36 Å². The summed E-state index contributed by atoms with van der Waals surface area (Å²) in [6.45, 7) is 15.1. The van der Waals surface area contributed by atoms with Crippen LogP contribution in [0.15, 0.2) is 12.1 Å². The van der Waals surface area contributed by atoms with Crippen molar-refractivity contribution >= 4 is 13.3 Å². The second-order valence-electron chi connectivity index (χ2n) is 8.81. The fourth-order valence-corrected chi connectivity index (χ4v) is 4.90. The van der Waals surface area contributed by atoms with E-state index in [-0.39, 0.29) is 17.4 Å². The Hall–Kier alpha value is -0.880. The van der Waals surface area contributed by atoms with Gasteiger partial charge in [-0.25, -0.2) is 0 Å². The van der Waals surface area contributed by atoms with Crippen molar-refractivity contribution in [3.05, 3.63) is 34.4 Å². The zero-order valence-electron chi connectivity index (χ0n) is 18.7. The molecule has 0 aliphatic heterocycles. The molecule has 27 heavy (non-hydrogen) atoms. The molecule has 0 heterocycles. The van der Waals surface area contributed by atoms with Crippen molar-refractivity contribution in [1.82, 2.24) is 0 Å². The van der Waals surface area contributed by atoms with Gasteiger partial charge in [0, 0.05) is 11.7 Å². The molecule has 0 aliphatic rings. The summed E-state index contributed by atoms with van der Waals surface area (Å²) < 4.78 is 12.8. The van der Waals surface area contributed by atoms with Crippen molar-refractivity contribution in [2.45, 2.75) is 105 Å². The highest BCUT2D eigenvalue weighted by atomic mass is 31.1. The zero-order valence-corrected chi connectivity index (χ0v) is 19.7. The minimum absolute atomic E-state index is 0.0868. The summed E-state index contributed by atoms with van der Waals surface area (Å²) in [6, 6.07) is 4.35. The van der Waals surface area contributed by atoms with E-state index < -0.39 is 7.80 Å². The molecule has 0 bridgehead atoms. The zero-order chi connectivity index (χ0) is 20.6. The first-order chi connectivity index (χ1) is 12.7. The fourth-order valence-electron chi connectivity index (χ4n) is 3.54. The summed E-state index contributed by atoms with van der Waals surface area (Å²) in [5, 5.41) is 0. The molecule has 0 spiro atoms. The summed E-state index contributed by atoms with van der Waals surface area (Å²) in [4.78, 5) is 13.2. The smallest absolute Gasteiger partial charge is 0.219 e. The number of hydrogen-bond donors (Lipinski definition) is 0. The molecule has 0 N–H and O–H groups in total. The van der Waals surface area contributed by atoms with Crippen LogP contribution in [-0.4, -0.2) is 11.7 Å². The molecule has 0 saturated carbocycles. The van der Waals surface area contributed by atoms with Gasteiger partial charge in [-0.05, 0) is 40.9 Å². The van der Waals surface area contributed by atoms with E-state index in [0.29, 0.717) is 12.1 Å². The minimum Gasteiger partial charge on any atom is -0.318 e. The highest BCUT2D eigenvalue weighted by Gasteiger charge is 2.25. The Kier molecular flexibility index (Phi) is 10.6. The number of carbonyl (C=O) groups excluding carboxylic acids is 1. The lowest BCUT2D eigenvalue weighted by molar-refractivity contribution is 0.107. The van der Waals surface area contributed by atoms with E-state index in [1.807, 2.05) is 0 Å². The molecule has 1 aromatic rings. The molecule has 0 amide bonds. The molecule has 0 aliphatic carbocycles. The number of rotatable bonds is 12. The van der Waals surface area contributed by atoms with E-state index in [1.165, 1.54) is 31.2 Å². The molecule has 1 atom stereocenters. The monoisotopic (exact) mass is 392 g/mol. The third-order valence-corrected chi connectivity index (χ3v) is 6.93. The van der Waals surface area contributed by atoms with E-state index in [2.05, 4.69) is 60.6 Å². The summed E-state index contributed by atoms with van der Waals surface area (Å²) in [5.41, 5.74) is 4.11. The normalized spacial score (nSPS) is 13.0.